The van der Waals surface area contributed by atoms with Crippen molar-refractivity contribution in [3.63, 3.8) is 0 Å². The predicted octanol–water partition coefficient (Wildman–Crippen LogP) is 3.89. The highest BCUT2D eigenvalue weighted by Crippen LogP contribution is 2.13. The molecule has 0 spiro atoms. The number of benzene rings is 2. The first-order valence-electron chi connectivity index (χ1n) is 7.13. The minimum atomic E-state index is -0.879. The summed E-state index contributed by atoms with van der Waals surface area (Å²) < 4.78 is 0. The quantitative estimate of drug-likeness (QED) is 0.898. The number of carboxylic acid groups (broad SMARTS) is 2. The summed E-state index contributed by atoms with van der Waals surface area (Å²) in [4.78, 5) is 20.9. The van der Waals surface area contributed by atoms with Crippen molar-refractivity contribution in [3.8, 4) is 0 Å². The number of carboxylic acids is 2. The number of carbonyl (C=O) groups is 2. The Morgan fingerprint density at radius 1 is 0.773 bits per heavy atom. The van der Waals surface area contributed by atoms with Gasteiger partial charge < -0.3 is 10.2 Å². The molecule has 0 saturated carbocycles. The first kappa shape index (κ1) is 17.4. The Hall–Kier alpha value is -2.62. The summed E-state index contributed by atoms with van der Waals surface area (Å²) in [5, 5.41) is 17.2. The summed E-state index contributed by atoms with van der Waals surface area (Å²) in [6, 6.07) is 13.6. The molecule has 4 nitrogen and oxygen atoms in total. The fourth-order valence-corrected chi connectivity index (χ4v) is 2.01. The van der Waals surface area contributed by atoms with Gasteiger partial charge in [0.15, 0.2) is 0 Å². The van der Waals surface area contributed by atoms with Crippen LogP contribution in [0.4, 0.5) is 0 Å². The van der Waals surface area contributed by atoms with Gasteiger partial charge in [0.05, 0.1) is 11.1 Å². The first-order chi connectivity index (χ1) is 10.5. The molecule has 0 heterocycles. The maximum atomic E-state index is 10.7. The molecule has 4 heteroatoms. The molecule has 22 heavy (non-hydrogen) atoms. The normalized spacial score (nSPS) is 9.55. The SMILES string of the molecule is CCc1ccc(C(=O)O)cc1CC.O=C(O)c1ccccc1. The number of hydrogen-bond acceptors (Lipinski definition) is 2. The van der Waals surface area contributed by atoms with E-state index in [4.69, 9.17) is 10.2 Å². The van der Waals surface area contributed by atoms with Gasteiger partial charge in [-0.1, -0.05) is 38.1 Å². The Labute approximate surface area is 130 Å². The van der Waals surface area contributed by atoms with Crippen molar-refractivity contribution in [2.45, 2.75) is 26.7 Å². The summed E-state index contributed by atoms with van der Waals surface area (Å²) in [7, 11) is 0. The number of hydrogen-bond donors (Lipinski definition) is 2. The maximum absolute atomic E-state index is 10.7. The molecular formula is C18H20O4. The van der Waals surface area contributed by atoms with Crippen molar-refractivity contribution in [1.29, 1.82) is 0 Å². The van der Waals surface area contributed by atoms with Gasteiger partial charge in [0.2, 0.25) is 0 Å². The molecule has 0 amide bonds. The third-order valence-corrected chi connectivity index (χ3v) is 3.24. The van der Waals surface area contributed by atoms with E-state index in [2.05, 4.69) is 6.92 Å². The van der Waals surface area contributed by atoms with Crippen molar-refractivity contribution in [3.05, 3.63) is 70.8 Å². The molecule has 0 aliphatic rings. The molecule has 0 fully saturated rings. The number of rotatable bonds is 4. The zero-order valence-electron chi connectivity index (χ0n) is 12.7. The fraction of sp³-hybridized carbons (Fsp3) is 0.222. The summed E-state index contributed by atoms with van der Waals surface area (Å²) in [6.45, 7) is 4.12. The Balaban J connectivity index is 0.000000235. The highest BCUT2D eigenvalue weighted by molar-refractivity contribution is 5.88. The molecule has 2 N–H and O–H groups in total. The zero-order chi connectivity index (χ0) is 16.5. The third-order valence-electron chi connectivity index (χ3n) is 3.24. The van der Waals surface area contributed by atoms with Crippen molar-refractivity contribution in [2.24, 2.45) is 0 Å². The highest BCUT2D eigenvalue weighted by atomic mass is 16.4. The first-order valence-corrected chi connectivity index (χ1v) is 7.13. The second-order valence-electron chi connectivity index (χ2n) is 4.67. The van der Waals surface area contributed by atoms with Crippen LogP contribution in [0, 0.1) is 0 Å². The lowest BCUT2D eigenvalue weighted by Gasteiger charge is -2.05. The molecule has 2 aromatic carbocycles. The largest absolute Gasteiger partial charge is 0.478 e. The predicted molar refractivity (Wildman–Crippen MR) is 85.6 cm³/mol. The number of aryl methyl sites for hydroxylation is 2. The van der Waals surface area contributed by atoms with Crippen LogP contribution < -0.4 is 0 Å². The van der Waals surface area contributed by atoms with E-state index < -0.39 is 11.9 Å². The molecule has 0 aliphatic carbocycles. The minimum Gasteiger partial charge on any atom is -0.478 e. The van der Waals surface area contributed by atoms with E-state index in [1.54, 1.807) is 42.5 Å². The van der Waals surface area contributed by atoms with Crippen LogP contribution in [-0.4, -0.2) is 22.2 Å². The van der Waals surface area contributed by atoms with Gasteiger partial charge in [-0.15, -0.1) is 0 Å². The molecule has 0 atom stereocenters. The average molecular weight is 300 g/mol. The van der Waals surface area contributed by atoms with Crippen molar-refractivity contribution in [1.82, 2.24) is 0 Å². The van der Waals surface area contributed by atoms with Crippen molar-refractivity contribution in [2.75, 3.05) is 0 Å². The van der Waals surface area contributed by atoms with Gasteiger partial charge in [0.1, 0.15) is 0 Å². The van der Waals surface area contributed by atoms with Crippen LogP contribution in [0.5, 0.6) is 0 Å². The van der Waals surface area contributed by atoms with E-state index in [0.29, 0.717) is 11.1 Å². The topological polar surface area (TPSA) is 74.6 Å². The average Bonchev–Trinajstić information content (AvgIpc) is 2.55. The summed E-state index contributed by atoms with van der Waals surface area (Å²) in [5.41, 5.74) is 3.10. The molecule has 0 aliphatic heterocycles. The zero-order valence-corrected chi connectivity index (χ0v) is 12.7. The van der Waals surface area contributed by atoms with E-state index in [-0.39, 0.29) is 0 Å². The van der Waals surface area contributed by atoms with Gasteiger partial charge in [-0.2, -0.15) is 0 Å². The van der Waals surface area contributed by atoms with E-state index in [0.717, 1.165) is 18.4 Å². The van der Waals surface area contributed by atoms with Crippen LogP contribution >= 0.6 is 0 Å². The van der Waals surface area contributed by atoms with Crippen LogP contribution in [0.2, 0.25) is 0 Å². The maximum Gasteiger partial charge on any atom is 0.335 e. The van der Waals surface area contributed by atoms with Crippen LogP contribution in [0.15, 0.2) is 48.5 Å². The monoisotopic (exact) mass is 300 g/mol. The minimum absolute atomic E-state index is 0.331. The molecule has 2 rings (SSSR count). The van der Waals surface area contributed by atoms with Crippen molar-refractivity contribution >= 4 is 11.9 Å². The van der Waals surface area contributed by atoms with Gasteiger partial charge in [0, 0.05) is 0 Å². The Morgan fingerprint density at radius 3 is 1.73 bits per heavy atom. The highest BCUT2D eigenvalue weighted by Gasteiger charge is 2.05. The molecule has 2 aromatic rings. The van der Waals surface area contributed by atoms with Crippen LogP contribution in [0.25, 0.3) is 0 Å². The van der Waals surface area contributed by atoms with Crippen molar-refractivity contribution < 1.29 is 19.8 Å². The standard InChI is InChI=1S/C11H14O2.C7H6O2/c1-3-8-5-6-10(11(12)13)7-9(8)4-2;8-7(9)6-4-2-1-3-5-6/h5-7H,3-4H2,1-2H3,(H,12,13);1-5H,(H,8,9). The molecule has 0 unspecified atom stereocenters. The van der Waals surface area contributed by atoms with Gasteiger partial charge in [-0.3, -0.25) is 0 Å². The van der Waals surface area contributed by atoms with E-state index in [9.17, 15) is 9.59 Å². The lowest BCUT2D eigenvalue weighted by atomic mass is 10.0. The summed E-state index contributed by atoms with van der Waals surface area (Å²) in [6.07, 6.45) is 1.85. The Morgan fingerprint density at radius 2 is 1.32 bits per heavy atom. The van der Waals surface area contributed by atoms with Gasteiger partial charge >= 0.3 is 11.9 Å². The number of aromatic carboxylic acids is 2. The lowest BCUT2D eigenvalue weighted by molar-refractivity contribution is 0.0686. The van der Waals surface area contributed by atoms with E-state index >= 15 is 0 Å². The van der Waals surface area contributed by atoms with Gasteiger partial charge in [-0.05, 0) is 48.2 Å². The second kappa shape index (κ2) is 8.62. The summed E-state index contributed by atoms with van der Waals surface area (Å²) >= 11 is 0. The third kappa shape index (κ3) is 5.05. The summed E-state index contributed by atoms with van der Waals surface area (Å²) in [5.74, 6) is -1.73. The van der Waals surface area contributed by atoms with Gasteiger partial charge in [0.25, 0.3) is 0 Å². The molecule has 0 radical (unpaired) electrons. The molecule has 116 valence electrons. The second-order valence-corrected chi connectivity index (χ2v) is 4.67. The van der Waals surface area contributed by atoms with Crippen LogP contribution in [0.3, 0.4) is 0 Å². The fourth-order valence-electron chi connectivity index (χ4n) is 2.01. The smallest absolute Gasteiger partial charge is 0.335 e. The van der Waals surface area contributed by atoms with E-state index in [1.807, 2.05) is 13.0 Å². The molecular weight excluding hydrogens is 280 g/mol. The molecule has 0 bridgehead atoms. The van der Waals surface area contributed by atoms with Gasteiger partial charge in [-0.25, -0.2) is 9.59 Å². The molecule has 0 aromatic heterocycles. The van der Waals surface area contributed by atoms with Crippen LogP contribution in [-0.2, 0) is 12.8 Å². The lowest BCUT2D eigenvalue weighted by Crippen LogP contribution is -1.99. The Bertz CT molecular complexity index is 633. The molecule has 0 saturated heterocycles. The van der Waals surface area contributed by atoms with Crippen LogP contribution in [0.1, 0.15) is 45.7 Å². The Kier molecular flexibility index (Phi) is 6.83. The van der Waals surface area contributed by atoms with E-state index in [1.165, 1.54) is 5.56 Å².